The summed E-state index contributed by atoms with van der Waals surface area (Å²) >= 11 is 1.85. The van der Waals surface area contributed by atoms with E-state index in [-0.39, 0.29) is 5.25 Å². The molecule has 4 fully saturated rings. The molecule has 0 N–H and O–H groups in total. The minimum absolute atomic E-state index is 0.156. The molecule has 2 heteroatoms. The first-order valence-electron chi connectivity index (χ1n) is 15.0. The van der Waals surface area contributed by atoms with E-state index in [2.05, 4.69) is 65.0 Å². The van der Waals surface area contributed by atoms with E-state index in [1.807, 2.05) is 11.8 Å². The Morgan fingerprint density at radius 2 is 1.66 bits per heavy atom. The van der Waals surface area contributed by atoms with Gasteiger partial charge in [-0.15, -0.1) is 11.8 Å². The van der Waals surface area contributed by atoms with Crippen molar-refractivity contribution in [2.24, 2.45) is 52.3 Å². The normalized spacial score (nSPS) is 41.8. The topological polar surface area (TPSA) is 17.1 Å². The summed E-state index contributed by atoms with van der Waals surface area (Å²) in [5.74, 6) is 6.46. The highest BCUT2D eigenvalue weighted by atomic mass is 32.2. The van der Waals surface area contributed by atoms with Crippen LogP contribution < -0.4 is 0 Å². The van der Waals surface area contributed by atoms with E-state index in [0.717, 1.165) is 48.3 Å². The van der Waals surface area contributed by atoms with Gasteiger partial charge in [-0.25, -0.2) is 0 Å². The Balaban J connectivity index is 1.30. The third-order valence-corrected chi connectivity index (χ3v) is 13.0. The van der Waals surface area contributed by atoms with Crippen LogP contribution in [0.25, 0.3) is 0 Å². The number of benzene rings is 1. The molecule has 1 aromatic carbocycles. The zero-order chi connectivity index (χ0) is 24.8. The van der Waals surface area contributed by atoms with E-state index in [0.29, 0.717) is 22.5 Å². The number of hydrogen-bond acceptors (Lipinski definition) is 2. The Morgan fingerprint density at radius 1 is 0.914 bits per heavy atom. The fourth-order valence-electron chi connectivity index (χ4n) is 9.87. The maximum atomic E-state index is 13.2. The Labute approximate surface area is 220 Å². The van der Waals surface area contributed by atoms with Crippen LogP contribution in [-0.4, -0.2) is 11.0 Å². The summed E-state index contributed by atoms with van der Waals surface area (Å²) < 4.78 is 0. The monoisotopic (exact) mass is 494 g/mol. The van der Waals surface area contributed by atoms with Crippen molar-refractivity contribution < 1.29 is 4.79 Å². The zero-order valence-corrected chi connectivity index (χ0v) is 23.9. The van der Waals surface area contributed by atoms with Crippen molar-refractivity contribution in [3.63, 3.8) is 0 Å². The maximum Gasteiger partial charge on any atom is 0.146 e. The van der Waals surface area contributed by atoms with Crippen LogP contribution >= 0.6 is 11.8 Å². The molecule has 0 radical (unpaired) electrons. The summed E-state index contributed by atoms with van der Waals surface area (Å²) in [6.45, 7) is 12.6. The van der Waals surface area contributed by atoms with E-state index in [4.69, 9.17) is 0 Å². The van der Waals surface area contributed by atoms with Gasteiger partial charge in [0.05, 0.1) is 5.25 Å². The molecule has 0 aromatic heterocycles. The van der Waals surface area contributed by atoms with Gasteiger partial charge in [0.1, 0.15) is 5.78 Å². The summed E-state index contributed by atoms with van der Waals surface area (Å²) in [6.07, 6.45) is 14.7. The molecule has 35 heavy (non-hydrogen) atoms. The quantitative estimate of drug-likeness (QED) is 0.375. The molecular weight excluding hydrogens is 444 g/mol. The lowest BCUT2D eigenvalue weighted by Gasteiger charge is -2.61. The van der Waals surface area contributed by atoms with Crippen molar-refractivity contribution in [3.05, 3.63) is 30.3 Å². The van der Waals surface area contributed by atoms with Gasteiger partial charge < -0.3 is 0 Å². The summed E-state index contributed by atoms with van der Waals surface area (Å²) in [5, 5.41) is 0.156. The number of carbonyl (C=O) groups excluding carboxylic acids is 1. The lowest BCUT2D eigenvalue weighted by Crippen LogP contribution is -2.55. The number of carbonyl (C=O) groups is 1. The van der Waals surface area contributed by atoms with Gasteiger partial charge in [0.2, 0.25) is 0 Å². The maximum absolute atomic E-state index is 13.2. The van der Waals surface area contributed by atoms with Crippen LogP contribution in [0.4, 0.5) is 0 Å². The fraction of sp³-hybridized carbons (Fsp3) is 0.788. The molecular formula is C33H50OS. The van der Waals surface area contributed by atoms with Gasteiger partial charge in [-0.3, -0.25) is 4.79 Å². The summed E-state index contributed by atoms with van der Waals surface area (Å²) in [6, 6.07) is 10.7. The lowest BCUT2D eigenvalue weighted by atomic mass is 9.44. The molecule has 0 heterocycles. The fourth-order valence-corrected chi connectivity index (χ4v) is 11.2. The molecule has 0 amide bonds. The number of fused-ring (bicyclic) bond motifs is 5. The molecule has 0 bridgehead atoms. The van der Waals surface area contributed by atoms with E-state index >= 15 is 0 Å². The predicted octanol–water partition coefficient (Wildman–Crippen LogP) is 9.45. The van der Waals surface area contributed by atoms with Crippen molar-refractivity contribution in [2.75, 3.05) is 0 Å². The largest absolute Gasteiger partial charge is 0.298 e. The second-order valence-corrected chi connectivity index (χ2v) is 15.3. The highest BCUT2D eigenvalue weighted by molar-refractivity contribution is 8.00. The molecule has 4 aliphatic rings. The predicted molar refractivity (Wildman–Crippen MR) is 150 cm³/mol. The van der Waals surface area contributed by atoms with Crippen molar-refractivity contribution in [1.29, 1.82) is 0 Å². The minimum atomic E-state index is 0.156. The number of thioether (sulfide) groups is 1. The average molecular weight is 495 g/mol. The van der Waals surface area contributed by atoms with Gasteiger partial charge in [0.25, 0.3) is 0 Å². The second-order valence-electron chi connectivity index (χ2n) is 14.0. The minimum Gasteiger partial charge on any atom is -0.298 e. The molecule has 1 aromatic rings. The summed E-state index contributed by atoms with van der Waals surface area (Å²) in [5.41, 5.74) is 0.913. The van der Waals surface area contributed by atoms with Gasteiger partial charge >= 0.3 is 0 Å². The smallest absolute Gasteiger partial charge is 0.146 e. The third-order valence-electron chi connectivity index (χ3n) is 11.7. The Kier molecular flexibility index (Phi) is 7.53. The molecule has 194 valence electrons. The van der Waals surface area contributed by atoms with Crippen molar-refractivity contribution in [3.8, 4) is 0 Å². The standard InChI is InChI=1S/C33H50OS/c1-22(2)10-9-11-23(3)27-16-17-28-26-15-14-24-20-30(34)31(35-25-12-7-6-8-13-25)21-33(24,5)29(26)18-19-32(27,28)4/h6-8,12-13,22-24,26-29,31H,9-11,14-21H2,1-5H3/t23-,24?,26+,27-,28+,29+,31?,32-,33+/m1/s1. The third kappa shape index (κ3) is 4.80. The molecule has 1 nitrogen and oxygen atoms in total. The molecule has 2 unspecified atom stereocenters. The Hall–Kier alpha value is -0.760. The first-order chi connectivity index (χ1) is 16.7. The van der Waals surface area contributed by atoms with Crippen molar-refractivity contribution >= 4 is 17.5 Å². The van der Waals surface area contributed by atoms with E-state index < -0.39 is 0 Å². The SMILES string of the molecule is CC(C)CCC[C@@H](C)[C@H]1CC[C@H]2[C@@H]3CCC4CC(=O)C(Sc5ccccc5)C[C@]4(C)[C@H]3CC[C@]12C. The van der Waals surface area contributed by atoms with Crippen LogP contribution in [0.1, 0.15) is 105 Å². The van der Waals surface area contributed by atoms with Crippen molar-refractivity contribution in [2.45, 2.75) is 115 Å². The first kappa shape index (κ1) is 25.9. The lowest BCUT2D eigenvalue weighted by molar-refractivity contribution is -0.139. The first-order valence-corrected chi connectivity index (χ1v) is 15.8. The van der Waals surface area contributed by atoms with Crippen LogP contribution in [0.3, 0.4) is 0 Å². The Morgan fingerprint density at radius 3 is 2.40 bits per heavy atom. The van der Waals surface area contributed by atoms with Gasteiger partial charge in [-0.1, -0.05) is 72.1 Å². The Bertz CT molecular complexity index is 878. The van der Waals surface area contributed by atoms with Gasteiger partial charge in [-0.05, 0) is 109 Å². The summed E-state index contributed by atoms with van der Waals surface area (Å²) in [7, 11) is 0. The van der Waals surface area contributed by atoms with Crippen LogP contribution in [0.5, 0.6) is 0 Å². The van der Waals surface area contributed by atoms with Crippen LogP contribution in [0, 0.1) is 52.3 Å². The zero-order valence-electron chi connectivity index (χ0n) is 23.1. The average Bonchev–Trinajstić information content (AvgIpc) is 3.18. The van der Waals surface area contributed by atoms with Gasteiger partial charge in [-0.2, -0.15) is 0 Å². The highest BCUT2D eigenvalue weighted by Gasteiger charge is 2.61. The molecule has 9 atom stereocenters. The van der Waals surface area contributed by atoms with E-state index in [1.165, 1.54) is 62.7 Å². The number of ketones is 1. The summed E-state index contributed by atoms with van der Waals surface area (Å²) in [4.78, 5) is 14.5. The van der Waals surface area contributed by atoms with Crippen LogP contribution in [0.2, 0.25) is 0 Å². The van der Waals surface area contributed by atoms with Crippen LogP contribution in [0.15, 0.2) is 35.2 Å². The molecule has 5 rings (SSSR count). The molecule has 0 spiro atoms. The number of hydrogen-bond donors (Lipinski definition) is 0. The van der Waals surface area contributed by atoms with Crippen molar-refractivity contribution in [1.82, 2.24) is 0 Å². The molecule has 4 aliphatic carbocycles. The molecule has 4 saturated carbocycles. The molecule has 0 aliphatic heterocycles. The van der Waals surface area contributed by atoms with E-state index in [9.17, 15) is 4.79 Å². The molecule has 0 saturated heterocycles. The van der Waals surface area contributed by atoms with Crippen LogP contribution in [-0.2, 0) is 4.79 Å². The van der Waals surface area contributed by atoms with Gasteiger partial charge in [0, 0.05) is 11.3 Å². The van der Waals surface area contributed by atoms with E-state index in [1.54, 1.807) is 0 Å². The number of rotatable bonds is 7. The van der Waals surface area contributed by atoms with Gasteiger partial charge in [0.15, 0.2) is 0 Å². The number of Topliss-reactive ketones (excluding diaryl/α,β-unsaturated/α-hetero) is 1. The highest BCUT2D eigenvalue weighted by Crippen LogP contribution is 2.68. The second kappa shape index (κ2) is 10.2.